The van der Waals surface area contributed by atoms with Crippen molar-refractivity contribution in [3.63, 3.8) is 0 Å². The van der Waals surface area contributed by atoms with E-state index in [-0.39, 0.29) is 59.5 Å². The summed E-state index contributed by atoms with van der Waals surface area (Å²) < 4.78 is 11.6. The minimum atomic E-state index is -0.144. The van der Waals surface area contributed by atoms with Gasteiger partial charge in [-0.15, -0.1) is 24.0 Å². The van der Waals surface area contributed by atoms with Crippen LogP contribution in [0.15, 0.2) is 35.3 Å². The fourth-order valence-electron chi connectivity index (χ4n) is 5.36. The van der Waals surface area contributed by atoms with Gasteiger partial charge in [0.15, 0.2) is 17.5 Å². The average Bonchev–Trinajstić information content (AvgIpc) is 3.41. The highest BCUT2D eigenvalue weighted by Crippen LogP contribution is 2.52. The van der Waals surface area contributed by atoms with Crippen molar-refractivity contribution >= 4 is 41.8 Å². The van der Waals surface area contributed by atoms with Crippen LogP contribution in [-0.4, -0.2) is 55.5 Å². The third-order valence-electron chi connectivity index (χ3n) is 6.79. The third-order valence-corrected chi connectivity index (χ3v) is 6.79. The number of nitrogens with zero attached hydrogens (tertiary/aromatic N) is 2. The van der Waals surface area contributed by atoms with E-state index in [1.807, 2.05) is 25.1 Å². The number of amides is 2. The largest absolute Gasteiger partial charge is 0.490 e. The standard InChI is InChI=1S/C24H30N4O4.HI/c1-2-25-24(27-14-17-5-3-6-18-21(17)32-12-4-11-31-18)26-9-10-28-22(29)19-15-7-8-16(13-15)20(19)23(28)30;/h3,5-8,15-16,19-20H,2,4,9-14H2,1H3,(H2,25,26,27);1H. The molecule has 1 aromatic carbocycles. The summed E-state index contributed by atoms with van der Waals surface area (Å²) in [5, 5.41) is 6.49. The number of likely N-dealkylation sites (tertiary alicyclic amines) is 1. The zero-order valence-corrected chi connectivity index (χ0v) is 21.1. The van der Waals surface area contributed by atoms with Gasteiger partial charge in [-0.05, 0) is 31.2 Å². The number of nitrogens with one attached hydrogen (secondary N) is 2. The van der Waals surface area contributed by atoms with Crippen LogP contribution >= 0.6 is 24.0 Å². The minimum Gasteiger partial charge on any atom is -0.490 e. The predicted molar refractivity (Wildman–Crippen MR) is 135 cm³/mol. The van der Waals surface area contributed by atoms with E-state index in [9.17, 15) is 9.59 Å². The first-order valence-corrected chi connectivity index (χ1v) is 11.6. The lowest BCUT2D eigenvalue weighted by Gasteiger charge is -2.18. The summed E-state index contributed by atoms with van der Waals surface area (Å²) in [5.74, 6) is 2.33. The lowest BCUT2D eigenvalue weighted by Crippen LogP contribution is -2.43. The number of carbonyl (C=O) groups is 2. The molecule has 2 aliphatic heterocycles. The third kappa shape index (κ3) is 4.56. The summed E-state index contributed by atoms with van der Waals surface area (Å²) in [4.78, 5) is 31.8. The molecule has 4 unspecified atom stereocenters. The summed E-state index contributed by atoms with van der Waals surface area (Å²) in [6.07, 6.45) is 6.05. The molecule has 8 nitrogen and oxygen atoms in total. The van der Waals surface area contributed by atoms with Crippen LogP contribution in [0.2, 0.25) is 0 Å². The van der Waals surface area contributed by atoms with Gasteiger partial charge in [0.05, 0.1) is 31.6 Å². The van der Waals surface area contributed by atoms with Crippen LogP contribution in [0.25, 0.3) is 0 Å². The lowest BCUT2D eigenvalue weighted by atomic mass is 9.85. The number of para-hydroxylation sites is 1. The molecule has 5 rings (SSSR count). The Morgan fingerprint density at radius 3 is 2.55 bits per heavy atom. The number of fused-ring (bicyclic) bond motifs is 6. The molecule has 2 aliphatic carbocycles. The summed E-state index contributed by atoms with van der Waals surface area (Å²) >= 11 is 0. The smallest absolute Gasteiger partial charge is 0.233 e. The van der Waals surface area contributed by atoms with Crippen LogP contribution in [0.3, 0.4) is 0 Å². The van der Waals surface area contributed by atoms with Crippen molar-refractivity contribution in [3.05, 3.63) is 35.9 Å². The molecule has 2 N–H and O–H groups in total. The van der Waals surface area contributed by atoms with Crippen molar-refractivity contribution in [2.45, 2.75) is 26.3 Å². The molecule has 0 radical (unpaired) electrons. The normalized spacial score (nSPS) is 27.3. The molecule has 1 aromatic rings. The Bertz CT molecular complexity index is 936. The number of imide groups is 1. The second-order valence-corrected chi connectivity index (χ2v) is 8.74. The highest BCUT2D eigenvalue weighted by Gasteiger charge is 2.58. The predicted octanol–water partition coefficient (Wildman–Crippen LogP) is 2.33. The van der Waals surface area contributed by atoms with Crippen LogP contribution in [0, 0.1) is 23.7 Å². The number of hydrogen-bond donors (Lipinski definition) is 2. The molecule has 33 heavy (non-hydrogen) atoms. The lowest BCUT2D eigenvalue weighted by molar-refractivity contribution is -0.140. The molecule has 2 bridgehead atoms. The maximum Gasteiger partial charge on any atom is 0.233 e. The summed E-state index contributed by atoms with van der Waals surface area (Å²) in [7, 11) is 0. The van der Waals surface area contributed by atoms with Crippen LogP contribution in [0.1, 0.15) is 25.3 Å². The maximum absolute atomic E-state index is 12.8. The van der Waals surface area contributed by atoms with Crippen molar-refractivity contribution in [2.24, 2.45) is 28.7 Å². The first kappa shape index (κ1) is 23.8. The van der Waals surface area contributed by atoms with E-state index in [4.69, 9.17) is 9.47 Å². The van der Waals surface area contributed by atoms with Crippen LogP contribution in [0.4, 0.5) is 0 Å². The minimum absolute atomic E-state index is 0. The quantitative estimate of drug-likeness (QED) is 0.181. The number of ether oxygens (including phenoxy) is 2. The maximum atomic E-state index is 12.8. The van der Waals surface area contributed by atoms with Gasteiger partial charge in [0.2, 0.25) is 11.8 Å². The Labute approximate surface area is 211 Å². The van der Waals surface area contributed by atoms with Crippen LogP contribution in [0.5, 0.6) is 11.5 Å². The van der Waals surface area contributed by atoms with Crippen molar-refractivity contribution in [3.8, 4) is 11.5 Å². The fraction of sp³-hybridized carbons (Fsp3) is 0.542. The number of halogens is 1. The van der Waals surface area contributed by atoms with E-state index in [0.717, 1.165) is 29.9 Å². The summed E-state index contributed by atoms with van der Waals surface area (Å²) in [6.45, 7) is 5.23. The van der Waals surface area contributed by atoms with Gasteiger partial charge in [-0.25, -0.2) is 4.99 Å². The number of hydrogen-bond acceptors (Lipinski definition) is 5. The van der Waals surface area contributed by atoms with Crippen LogP contribution < -0.4 is 20.1 Å². The van der Waals surface area contributed by atoms with Gasteiger partial charge in [-0.2, -0.15) is 0 Å². The molecule has 0 aromatic heterocycles. The molecular weight excluding hydrogens is 535 g/mol. The molecule has 0 spiro atoms. The van der Waals surface area contributed by atoms with Gasteiger partial charge >= 0.3 is 0 Å². The molecular formula is C24H31IN4O4. The van der Waals surface area contributed by atoms with E-state index in [0.29, 0.717) is 45.4 Å². The number of guanidine groups is 1. The molecule has 1 saturated heterocycles. The van der Waals surface area contributed by atoms with Crippen LogP contribution in [-0.2, 0) is 16.1 Å². The first-order chi connectivity index (χ1) is 15.7. The topological polar surface area (TPSA) is 92.3 Å². The van der Waals surface area contributed by atoms with Gasteiger partial charge in [0, 0.05) is 31.6 Å². The monoisotopic (exact) mass is 566 g/mol. The zero-order valence-electron chi connectivity index (χ0n) is 18.8. The average molecular weight is 566 g/mol. The Kier molecular flexibility index (Phi) is 7.45. The van der Waals surface area contributed by atoms with Crippen molar-refractivity contribution in [1.29, 1.82) is 0 Å². The number of carbonyl (C=O) groups excluding carboxylic acids is 2. The second kappa shape index (κ2) is 10.3. The molecule has 2 heterocycles. The number of aliphatic imine (C=N–C) groups is 1. The molecule has 4 atom stereocenters. The molecule has 9 heteroatoms. The van der Waals surface area contributed by atoms with E-state index in [2.05, 4.69) is 27.8 Å². The van der Waals surface area contributed by atoms with E-state index in [1.54, 1.807) is 0 Å². The van der Waals surface area contributed by atoms with Crippen molar-refractivity contribution < 1.29 is 19.1 Å². The molecule has 4 aliphatic rings. The highest BCUT2D eigenvalue weighted by atomic mass is 127. The Hall–Kier alpha value is -2.30. The second-order valence-electron chi connectivity index (χ2n) is 8.74. The van der Waals surface area contributed by atoms with Gasteiger partial charge in [-0.3, -0.25) is 14.5 Å². The summed E-state index contributed by atoms with van der Waals surface area (Å²) in [6, 6.07) is 5.85. The Morgan fingerprint density at radius 2 is 1.82 bits per heavy atom. The van der Waals surface area contributed by atoms with Gasteiger partial charge < -0.3 is 20.1 Å². The Balaban J connectivity index is 0.00000259. The van der Waals surface area contributed by atoms with E-state index < -0.39 is 0 Å². The van der Waals surface area contributed by atoms with Crippen molar-refractivity contribution in [1.82, 2.24) is 15.5 Å². The number of rotatable bonds is 6. The van der Waals surface area contributed by atoms with Gasteiger partial charge in [0.25, 0.3) is 0 Å². The molecule has 178 valence electrons. The van der Waals surface area contributed by atoms with Gasteiger partial charge in [-0.1, -0.05) is 24.3 Å². The molecule has 2 fully saturated rings. The first-order valence-electron chi connectivity index (χ1n) is 11.6. The molecule has 1 saturated carbocycles. The number of allylic oxidation sites excluding steroid dienone is 2. The Morgan fingerprint density at radius 1 is 1.09 bits per heavy atom. The number of benzene rings is 1. The van der Waals surface area contributed by atoms with E-state index >= 15 is 0 Å². The highest BCUT2D eigenvalue weighted by molar-refractivity contribution is 14.0. The molecule has 2 amide bonds. The summed E-state index contributed by atoms with van der Waals surface area (Å²) in [5.41, 5.74) is 0.960. The van der Waals surface area contributed by atoms with Gasteiger partial charge in [0.1, 0.15) is 0 Å². The van der Waals surface area contributed by atoms with Crippen molar-refractivity contribution in [2.75, 3.05) is 32.8 Å². The van der Waals surface area contributed by atoms with E-state index in [1.165, 1.54) is 4.90 Å². The zero-order chi connectivity index (χ0) is 22.1. The fourth-order valence-corrected chi connectivity index (χ4v) is 5.36. The SMILES string of the molecule is CCNC(=NCc1cccc2c1OCCCO2)NCCN1C(=O)C2C3C=CC(C3)C2C1=O.I.